The van der Waals surface area contributed by atoms with E-state index in [0.717, 1.165) is 38.1 Å². The fraction of sp³-hybridized carbons (Fsp3) is 0.571. The van der Waals surface area contributed by atoms with Gasteiger partial charge in [0.15, 0.2) is 9.84 Å². The van der Waals surface area contributed by atoms with Gasteiger partial charge in [0.2, 0.25) is 0 Å². The van der Waals surface area contributed by atoms with Crippen LogP contribution in [0.5, 0.6) is 5.75 Å². The quantitative estimate of drug-likeness (QED) is 0.915. The third-order valence-corrected chi connectivity index (χ3v) is 6.23. The van der Waals surface area contributed by atoms with E-state index in [1.165, 1.54) is 11.1 Å². The van der Waals surface area contributed by atoms with E-state index in [0.29, 0.717) is 12.4 Å². The van der Waals surface area contributed by atoms with E-state index in [4.69, 9.17) is 4.74 Å². The van der Waals surface area contributed by atoms with Crippen molar-refractivity contribution in [2.24, 2.45) is 0 Å². The molecule has 1 saturated heterocycles. The highest BCUT2D eigenvalue weighted by molar-refractivity contribution is 7.92. The summed E-state index contributed by atoms with van der Waals surface area (Å²) in [5.41, 5.74) is 2.43. The third-order valence-electron chi connectivity index (χ3n) is 3.98. The number of hydrogen-bond donors (Lipinski definition) is 1. The van der Waals surface area contributed by atoms with Crippen molar-refractivity contribution in [1.29, 1.82) is 0 Å². The van der Waals surface area contributed by atoms with Crippen LogP contribution in [-0.4, -0.2) is 26.0 Å². The lowest BCUT2D eigenvalue weighted by Crippen LogP contribution is -2.33. The van der Waals surface area contributed by atoms with Crippen molar-refractivity contribution in [2.75, 3.05) is 12.4 Å². The Balaban J connectivity index is 1.71. The molecule has 0 bridgehead atoms. The minimum absolute atomic E-state index is 0.290. The number of sulfone groups is 1. The molecule has 5 heteroatoms. The van der Waals surface area contributed by atoms with Crippen molar-refractivity contribution < 1.29 is 13.2 Å². The van der Waals surface area contributed by atoms with Crippen LogP contribution in [0.2, 0.25) is 0 Å². The lowest BCUT2D eigenvalue weighted by Gasteiger charge is -2.22. The number of nitrogens with one attached hydrogen (secondary N) is 1. The van der Waals surface area contributed by atoms with Crippen LogP contribution >= 0.6 is 0 Å². The van der Waals surface area contributed by atoms with Gasteiger partial charge < -0.3 is 10.1 Å². The molecule has 3 rings (SSSR count). The summed E-state index contributed by atoms with van der Waals surface area (Å²) in [7, 11) is -2.95. The average molecular weight is 281 g/mol. The maximum absolute atomic E-state index is 11.9. The fourth-order valence-corrected chi connectivity index (χ4v) is 4.57. The Morgan fingerprint density at radius 3 is 3.00 bits per heavy atom. The molecular weight excluding hydrogens is 262 g/mol. The molecule has 1 unspecified atom stereocenters. The fourth-order valence-electron chi connectivity index (χ4n) is 2.83. The van der Waals surface area contributed by atoms with Crippen LogP contribution in [0, 0.1) is 0 Å². The van der Waals surface area contributed by atoms with Gasteiger partial charge in [0.1, 0.15) is 12.4 Å². The van der Waals surface area contributed by atoms with Gasteiger partial charge >= 0.3 is 0 Å². The summed E-state index contributed by atoms with van der Waals surface area (Å²) in [4.78, 5) is 0. The number of rotatable bonds is 3. The van der Waals surface area contributed by atoms with Crippen molar-refractivity contribution >= 4 is 9.84 Å². The summed E-state index contributed by atoms with van der Waals surface area (Å²) in [6.07, 6.45) is 2.51. The predicted octanol–water partition coefficient (Wildman–Crippen LogP) is 1.64. The molecule has 0 aromatic heterocycles. The van der Waals surface area contributed by atoms with Gasteiger partial charge in [0, 0.05) is 18.7 Å². The minimum atomic E-state index is -2.95. The van der Waals surface area contributed by atoms with E-state index in [1.54, 1.807) is 0 Å². The molecule has 2 aliphatic rings. The summed E-state index contributed by atoms with van der Waals surface area (Å²) >= 11 is 0. The van der Waals surface area contributed by atoms with Gasteiger partial charge in [-0.05, 0) is 24.5 Å². The zero-order valence-corrected chi connectivity index (χ0v) is 11.7. The molecule has 1 atom stereocenters. The first kappa shape index (κ1) is 12.9. The summed E-state index contributed by atoms with van der Waals surface area (Å²) < 4.78 is 29.7. The Morgan fingerprint density at radius 1 is 1.26 bits per heavy atom. The molecule has 19 heavy (non-hydrogen) atoms. The Bertz CT molecular complexity index is 568. The molecule has 1 aromatic carbocycles. The highest BCUT2D eigenvalue weighted by Gasteiger charge is 2.29. The number of benzene rings is 1. The van der Waals surface area contributed by atoms with Crippen LogP contribution < -0.4 is 10.1 Å². The lowest BCUT2D eigenvalue weighted by atomic mass is 10.1. The molecule has 1 aromatic rings. The second-order valence-corrected chi connectivity index (χ2v) is 7.69. The van der Waals surface area contributed by atoms with Gasteiger partial charge in [-0.3, -0.25) is 0 Å². The first-order chi connectivity index (χ1) is 9.17. The predicted molar refractivity (Wildman–Crippen MR) is 73.9 cm³/mol. The number of fused-ring (bicyclic) bond motifs is 1. The van der Waals surface area contributed by atoms with Crippen LogP contribution in [-0.2, 0) is 22.9 Å². The van der Waals surface area contributed by atoms with Crippen molar-refractivity contribution in [1.82, 2.24) is 5.32 Å². The lowest BCUT2D eigenvalue weighted by molar-refractivity contribution is 0.299. The molecule has 4 nitrogen and oxygen atoms in total. The van der Waals surface area contributed by atoms with Crippen LogP contribution in [0.15, 0.2) is 18.2 Å². The first-order valence-corrected chi connectivity index (χ1v) is 8.54. The standard InChI is InChI=1S/C14H19NO3S/c16-19(17)7-2-1-5-12(19)10-18-14-6-3-4-11-8-15-9-13(11)14/h3-4,6,12,15H,1-2,5,7-10H2. The van der Waals surface area contributed by atoms with Crippen LogP contribution in [0.25, 0.3) is 0 Å². The first-order valence-electron chi connectivity index (χ1n) is 6.83. The van der Waals surface area contributed by atoms with Gasteiger partial charge in [-0.15, -0.1) is 0 Å². The number of ether oxygens (including phenoxy) is 1. The molecular formula is C14H19NO3S. The van der Waals surface area contributed by atoms with Crippen molar-refractivity contribution in [3.05, 3.63) is 29.3 Å². The molecule has 0 spiro atoms. The molecule has 1 fully saturated rings. The SMILES string of the molecule is O=S1(=O)CCCCC1COc1cccc2c1CNC2. The number of hydrogen-bond acceptors (Lipinski definition) is 4. The second kappa shape index (κ2) is 5.13. The van der Waals surface area contributed by atoms with Gasteiger partial charge in [-0.1, -0.05) is 18.6 Å². The molecule has 104 valence electrons. The topological polar surface area (TPSA) is 55.4 Å². The Labute approximate surface area is 114 Å². The van der Waals surface area contributed by atoms with Crippen molar-refractivity contribution in [2.45, 2.75) is 37.6 Å². The van der Waals surface area contributed by atoms with E-state index in [-0.39, 0.29) is 5.25 Å². The van der Waals surface area contributed by atoms with E-state index < -0.39 is 9.84 Å². The molecule has 0 aliphatic carbocycles. The minimum Gasteiger partial charge on any atom is -0.492 e. The zero-order chi connectivity index (χ0) is 13.3. The second-order valence-electron chi connectivity index (χ2n) is 5.29. The van der Waals surface area contributed by atoms with Gasteiger partial charge in [0.05, 0.1) is 11.0 Å². The van der Waals surface area contributed by atoms with Crippen LogP contribution in [0.4, 0.5) is 0 Å². The van der Waals surface area contributed by atoms with E-state index in [1.807, 2.05) is 12.1 Å². The van der Waals surface area contributed by atoms with Gasteiger partial charge in [-0.2, -0.15) is 0 Å². The normalized spacial score (nSPS) is 24.9. The highest BCUT2D eigenvalue weighted by atomic mass is 32.2. The summed E-state index contributed by atoms with van der Waals surface area (Å²) in [6.45, 7) is 1.97. The summed E-state index contributed by atoms with van der Waals surface area (Å²) in [5, 5.41) is 2.96. The molecule has 2 aliphatic heterocycles. The molecule has 0 saturated carbocycles. The molecule has 0 amide bonds. The molecule has 1 N–H and O–H groups in total. The largest absolute Gasteiger partial charge is 0.492 e. The van der Waals surface area contributed by atoms with Crippen molar-refractivity contribution in [3.8, 4) is 5.75 Å². The maximum atomic E-state index is 11.9. The smallest absolute Gasteiger partial charge is 0.156 e. The van der Waals surface area contributed by atoms with E-state index >= 15 is 0 Å². The molecule has 0 radical (unpaired) electrons. The van der Waals surface area contributed by atoms with Gasteiger partial charge in [-0.25, -0.2) is 8.42 Å². The maximum Gasteiger partial charge on any atom is 0.156 e. The average Bonchev–Trinajstić information content (AvgIpc) is 2.86. The Morgan fingerprint density at radius 2 is 2.16 bits per heavy atom. The van der Waals surface area contributed by atoms with E-state index in [9.17, 15) is 8.42 Å². The summed E-state index contributed by atoms with van der Waals surface area (Å²) in [5.74, 6) is 1.15. The van der Waals surface area contributed by atoms with E-state index in [2.05, 4.69) is 11.4 Å². The third kappa shape index (κ3) is 2.62. The van der Waals surface area contributed by atoms with Crippen LogP contribution in [0.3, 0.4) is 0 Å². The monoisotopic (exact) mass is 281 g/mol. The van der Waals surface area contributed by atoms with Gasteiger partial charge in [0.25, 0.3) is 0 Å². The highest BCUT2D eigenvalue weighted by Crippen LogP contribution is 2.27. The molecule has 2 heterocycles. The summed E-state index contributed by atoms with van der Waals surface area (Å²) in [6, 6.07) is 5.98. The zero-order valence-electron chi connectivity index (χ0n) is 10.9. The van der Waals surface area contributed by atoms with Crippen molar-refractivity contribution in [3.63, 3.8) is 0 Å². The van der Waals surface area contributed by atoms with Crippen LogP contribution in [0.1, 0.15) is 30.4 Å². The Hall–Kier alpha value is -1.07. The Kier molecular flexibility index (Phi) is 3.50.